The van der Waals surface area contributed by atoms with Gasteiger partial charge < -0.3 is 4.90 Å². The van der Waals surface area contributed by atoms with Crippen LogP contribution in [0.5, 0.6) is 0 Å². The molecule has 22 heavy (non-hydrogen) atoms. The summed E-state index contributed by atoms with van der Waals surface area (Å²) in [7, 11) is 0. The second-order valence-electron chi connectivity index (χ2n) is 5.91. The zero-order chi connectivity index (χ0) is 15.3. The maximum atomic E-state index is 12.7. The fourth-order valence-electron chi connectivity index (χ4n) is 3.32. The molecule has 4 rings (SSSR count). The number of hydrogen-bond donors (Lipinski definition) is 0. The largest absolute Gasteiger partial charge is 0.332 e. The van der Waals surface area contributed by atoms with E-state index in [4.69, 9.17) is 0 Å². The molecule has 0 bridgehead atoms. The molecule has 1 saturated heterocycles. The topological polar surface area (TPSA) is 40.6 Å². The van der Waals surface area contributed by atoms with E-state index < -0.39 is 0 Å². The molecule has 0 aliphatic carbocycles. The highest BCUT2D eigenvalue weighted by molar-refractivity contribution is 6.21. The van der Waals surface area contributed by atoms with Crippen molar-refractivity contribution in [3.05, 3.63) is 65.2 Å². The molecule has 1 fully saturated rings. The average molecular weight is 292 g/mol. The lowest BCUT2D eigenvalue weighted by Crippen LogP contribution is -2.39. The third-order valence-electron chi connectivity index (χ3n) is 4.45. The first-order valence-corrected chi connectivity index (χ1v) is 7.43. The number of rotatable bonds is 1. The van der Waals surface area contributed by atoms with Gasteiger partial charge in [0.2, 0.25) is 0 Å². The molecule has 1 atom stereocenters. The first-order chi connectivity index (χ1) is 10.6. The zero-order valence-electron chi connectivity index (χ0n) is 12.3. The molecule has 0 radical (unpaired) electrons. The van der Waals surface area contributed by atoms with E-state index in [1.807, 2.05) is 55.5 Å². The van der Waals surface area contributed by atoms with E-state index in [9.17, 15) is 9.59 Å². The SMILES string of the molecule is Cc1cccc(N2C(=O)[C@@H]3Cc4ccccc4CN3C2=O)c1. The van der Waals surface area contributed by atoms with Gasteiger partial charge in [-0.05, 0) is 35.7 Å². The molecule has 4 heteroatoms. The second-order valence-corrected chi connectivity index (χ2v) is 5.91. The summed E-state index contributed by atoms with van der Waals surface area (Å²) in [5, 5.41) is 0. The van der Waals surface area contributed by atoms with Crippen LogP contribution in [0.15, 0.2) is 48.5 Å². The van der Waals surface area contributed by atoms with Crippen molar-refractivity contribution in [2.24, 2.45) is 0 Å². The van der Waals surface area contributed by atoms with Crippen LogP contribution in [-0.4, -0.2) is 22.9 Å². The quantitative estimate of drug-likeness (QED) is 0.758. The Labute approximate surface area is 129 Å². The van der Waals surface area contributed by atoms with Crippen molar-refractivity contribution in [2.45, 2.75) is 25.9 Å². The molecule has 110 valence electrons. The summed E-state index contributed by atoms with van der Waals surface area (Å²) in [5.74, 6) is -0.120. The Morgan fingerprint density at radius 2 is 1.77 bits per heavy atom. The van der Waals surface area contributed by atoms with Crippen molar-refractivity contribution in [3.63, 3.8) is 0 Å². The lowest BCUT2D eigenvalue weighted by Gasteiger charge is -2.28. The molecule has 0 saturated carbocycles. The zero-order valence-corrected chi connectivity index (χ0v) is 12.3. The van der Waals surface area contributed by atoms with E-state index in [1.54, 1.807) is 4.90 Å². The third kappa shape index (κ3) is 1.84. The number of anilines is 1. The number of amides is 3. The fraction of sp³-hybridized carbons (Fsp3) is 0.222. The molecule has 4 nitrogen and oxygen atoms in total. The van der Waals surface area contributed by atoms with Crippen LogP contribution < -0.4 is 4.90 Å². The van der Waals surface area contributed by atoms with Gasteiger partial charge in [0.1, 0.15) is 6.04 Å². The number of benzene rings is 2. The minimum absolute atomic E-state index is 0.120. The van der Waals surface area contributed by atoms with Gasteiger partial charge in [0.05, 0.1) is 5.69 Å². The van der Waals surface area contributed by atoms with Crippen LogP contribution in [0.2, 0.25) is 0 Å². The van der Waals surface area contributed by atoms with Gasteiger partial charge >= 0.3 is 6.03 Å². The van der Waals surface area contributed by atoms with Crippen LogP contribution in [0, 0.1) is 6.92 Å². The lowest BCUT2D eigenvalue weighted by atomic mass is 9.95. The number of carbonyl (C=O) groups is 2. The Bertz CT molecular complexity index is 741. The maximum Gasteiger partial charge on any atom is 0.332 e. The van der Waals surface area contributed by atoms with Crippen molar-refractivity contribution in [2.75, 3.05) is 4.90 Å². The molecule has 0 aromatic heterocycles. The van der Waals surface area contributed by atoms with Gasteiger partial charge in [0.15, 0.2) is 0 Å². The molecule has 3 amide bonds. The summed E-state index contributed by atoms with van der Waals surface area (Å²) in [5.41, 5.74) is 3.99. The number of fused-ring (bicyclic) bond motifs is 2. The number of aryl methyl sites for hydroxylation is 1. The summed E-state index contributed by atoms with van der Waals surface area (Å²) in [6.45, 7) is 2.46. The highest BCUT2D eigenvalue weighted by Crippen LogP contribution is 2.32. The minimum atomic E-state index is -0.372. The Morgan fingerprint density at radius 3 is 2.55 bits per heavy atom. The Kier molecular flexibility index (Phi) is 2.79. The first kappa shape index (κ1) is 13.1. The second kappa shape index (κ2) is 4.70. The molecule has 2 aromatic carbocycles. The van der Waals surface area contributed by atoms with Gasteiger partial charge in [0.25, 0.3) is 5.91 Å². The number of urea groups is 1. The highest BCUT2D eigenvalue weighted by Gasteiger charge is 2.47. The lowest BCUT2D eigenvalue weighted by molar-refractivity contribution is -0.119. The van der Waals surface area contributed by atoms with Crippen LogP contribution in [0.4, 0.5) is 10.5 Å². The summed E-state index contributed by atoms with van der Waals surface area (Å²) in [4.78, 5) is 28.4. The Morgan fingerprint density at radius 1 is 1.00 bits per heavy atom. The molecule has 2 aromatic rings. The van der Waals surface area contributed by atoms with Crippen LogP contribution in [-0.2, 0) is 17.8 Å². The van der Waals surface area contributed by atoms with Gasteiger partial charge in [-0.1, -0.05) is 36.4 Å². The molecule has 0 N–H and O–H groups in total. The Hall–Kier alpha value is -2.62. The van der Waals surface area contributed by atoms with Gasteiger partial charge in [0, 0.05) is 13.0 Å². The predicted octanol–water partition coefficient (Wildman–Crippen LogP) is 2.89. The van der Waals surface area contributed by atoms with E-state index in [-0.39, 0.29) is 18.0 Å². The first-order valence-electron chi connectivity index (χ1n) is 7.43. The van der Waals surface area contributed by atoms with Crippen molar-refractivity contribution < 1.29 is 9.59 Å². The van der Waals surface area contributed by atoms with Crippen molar-refractivity contribution in [3.8, 4) is 0 Å². The molecule has 0 spiro atoms. The van der Waals surface area contributed by atoms with Crippen LogP contribution in [0.1, 0.15) is 16.7 Å². The van der Waals surface area contributed by atoms with Gasteiger partial charge in [-0.15, -0.1) is 0 Å². The number of hydrogen-bond acceptors (Lipinski definition) is 2. The molecule has 2 heterocycles. The van der Waals surface area contributed by atoms with Crippen LogP contribution in [0.25, 0.3) is 0 Å². The average Bonchev–Trinajstić information content (AvgIpc) is 2.76. The minimum Gasteiger partial charge on any atom is -0.307 e. The van der Waals surface area contributed by atoms with E-state index in [0.717, 1.165) is 16.7 Å². The number of carbonyl (C=O) groups excluding carboxylic acids is 2. The van der Waals surface area contributed by atoms with E-state index in [0.29, 0.717) is 18.7 Å². The van der Waals surface area contributed by atoms with Crippen LogP contribution in [0.3, 0.4) is 0 Å². The molecule has 2 aliphatic heterocycles. The molecule has 0 unspecified atom stereocenters. The molecular formula is C18H16N2O2. The number of imide groups is 1. The summed E-state index contributed by atoms with van der Waals surface area (Å²) < 4.78 is 0. The van der Waals surface area contributed by atoms with Crippen LogP contribution >= 0.6 is 0 Å². The van der Waals surface area contributed by atoms with Crippen molar-refractivity contribution in [1.29, 1.82) is 0 Å². The molecule has 2 aliphatic rings. The van der Waals surface area contributed by atoms with Gasteiger partial charge in [-0.2, -0.15) is 0 Å². The molecular weight excluding hydrogens is 276 g/mol. The fourth-order valence-corrected chi connectivity index (χ4v) is 3.32. The Balaban J connectivity index is 1.73. The monoisotopic (exact) mass is 292 g/mol. The van der Waals surface area contributed by atoms with E-state index in [2.05, 4.69) is 0 Å². The van der Waals surface area contributed by atoms with E-state index >= 15 is 0 Å². The van der Waals surface area contributed by atoms with Gasteiger partial charge in [-0.3, -0.25) is 4.79 Å². The standard InChI is InChI=1S/C18H16N2O2/c1-12-5-4-8-15(9-12)20-17(21)16-10-13-6-2-3-7-14(13)11-19(16)18(20)22/h2-9,16H,10-11H2,1H3/t16-/m0/s1. The van der Waals surface area contributed by atoms with Gasteiger partial charge in [-0.25, -0.2) is 9.69 Å². The summed E-state index contributed by atoms with van der Waals surface area (Å²) in [6.07, 6.45) is 0.600. The predicted molar refractivity (Wildman–Crippen MR) is 83.5 cm³/mol. The number of nitrogens with zero attached hydrogens (tertiary/aromatic N) is 2. The summed E-state index contributed by atoms with van der Waals surface area (Å²) in [6, 6.07) is 15.0. The smallest absolute Gasteiger partial charge is 0.307 e. The van der Waals surface area contributed by atoms with E-state index in [1.165, 1.54) is 4.90 Å². The third-order valence-corrected chi connectivity index (χ3v) is 4.45. The summed E-state index contributed by atoms with van der Waals surface area (Å²) >= 11 is 0. The normalized spacial score (nSPS) is 20.1. The highest BCUT2D eigenvalue weighted by atomic mass is 16.2. The van der Waals surface area contributed by atoms with Crippen molar-refractivity contribution in [1.82, 2.24) is 4.90 Å². The van der Waals surface area contributed by atoms with Crippen molar-refractivity contribution >= 4 is 17.6 Å². The maximum absolute atomic E-state index is 12.7.